The van der Waals surface area contributed by atoms with Crippen molar-refractivity contribution in [1.29, 1.82) is 5.41 Å². The molecule has 0 unspecified atom stereocenters. The first-order valence-corrected chi connectivity index (χ1v) is 4.00. The Morgan fingerprint density at radius 3 is 2.86 bits per heavy atom. The van der Waals surface area contributed by atoms with Crippen LogP contribution in [0, 0.1) is 5.41 Å². The average Bonchev–Trinajstić information content (AvgIpc) is 2.55. The number of hydrogen-bond acceptors (Lipinski definition) is 2. The average molecular weight is 195 g/mol. The Balaban J connectivity index is 2.54. The van der Waals surface area contributed by atoms with Gasteiger partial charge in [-0.15, -0.1) is 0 Å². The van der Waals surface area contributed by atoms with E-state index in [0.29, 0.717) is 6.54 Å². The SMILES string of the molecule is CN(Cc1ccoc1)C(=N)N=C(N)N. The zero-order valence-electron chi connectivity index (χ0n) is 7.90. The van der Waals surface area contributed by atoms with Crippen LogP contribution in [0.2, 0.25) is 0 Å². The lowest BCUT2D eigenvalue weighted by atomic mass is 10.3. The molecule has 0 saturated carbocycles. The van der Waals surface area contributed by atoms with Crippen molar-refractivity contribution in [2.45, 2.75) is 6.54 Å². The molecule has 0 amide bonds. The molecule has 1 aromatic heterocycles. The molecule has 1 aromatic rings. The lowest BCUT2D eigenvalue weighted by molar-refractivity contribution is 0.484. The number of furan rings is 1. The molecule has 6 heteroatoms. The predicted molar refractivity (Wildman–Crippen MR) is 53.7 cm³/mol. The van der Waals surface area contributed by atoms with Gasteiger partial charge < -0.3 is 20.8 Å². The molecule has 0 aliphatic carbocycles. The van der Waals surface area contributed by atoms with Gasteiger partial charge in [0, 0.05) is 19.2 Å². The number of nitrogens with two attached hydrogens (primary N) is 2. The fraction of sp³-hybridized carbons (Fsp3) is 0.250. The van der Waals surface area contributed by atoms with Crippen molar-refractivity contribution in [2.75, 3.05) is 7.05 Å². The Hall–Kier alpha value is -1.98. The standard InChI is InChI=1S/C8H13N5O/c1-13(8(11)12-7(9)10)4-6-2-3-14-5-6/h2-3,5H,4H2,1H3,(H5,9,10,11,12). The van der Waals surface area contributed by atoms with E-state index in [1.54, 1.807) is 24.5 Å². The fourth-order valence-electron chi connectivity index (χ4n) is 0.939. The van der Waals surface area contributed by atoms with Gasteiger partial charge in [-0.05, 0) is 6.07 Å². The number of nitrogens with zero attached hydrogens (tertiary/aromatic N) is 2. The molecule has 0 aromatic carbocycles. The summed E-state index contributed by atoms with van der Waals surface area (Å²) in [6, 6.07) is 1.82. The summed E-state index contributed by atoms with van der Waals surface area (Å²) in [5.74, 6) is -0.0970. The van der Waals surface area contributed by atoms with Gasteiger partial charge in [-0.25, -0.2) is 0 Å². The summed E-state index contributed by atoms with van der Waals surface area (Å²) in [4.78, 5) is 5.21. The van der Waals surface area contributed by atoms with Crippen LogP contribution in [0.5, 0.6) is 0 Å². The third-order valence-corrected chi connectivity index (χ3v) is 1.60. The van der Waals surface area contributed by atoms with E-state index in [2.05, 4.69) is 4.99 Å². The van der Waals surface area contributed by atoms with Crippen molar-refractivity contribution in [3.63, 3.8) is 0 Å². The van der Waals surface area contributed by atoms with Gasteiger partial charge in [0.15, 0.2) is 5.96 Å². The minimum Gasteiger partial charge on any atom is -0.472 e. The first-order valence-electron chi connectivity index (χ1n) is 4.00. The summed E-state index contributed by atoms with van der Waals surface area (Å²) in [6.45, 7) is 0.534. The van der Waals surface area contributed by atoms with E-state index in [4.69, 9.17) is 21.3 Å². The van der Waals surface area contributed by atoms with Gasteiger partial charge in [-0.3, -0.25) is 5.41 Å². The molecule has 0 fully saturated rings. The molecule has 1 rings (SSSR count). The molecule has 0 bridgehead atoms. The van der Waals surface area contributed by atoms with E-state index in [0.717, 1.165) is 5.56 Å². The van der Waals surface area contributed by atoms with Crippen molar-refractivity contribution in [3.05, 3.63) is 24.2 Å². The van der Waals surface area contributed by atoms with E-state index in [9.17, 15) is 0 Å². The van der Waals surface area contributed by atoms with Crippen LogP contribution in [0.3, 0.4) is 0 Å². The van der Waals surface area contributed by atoms with Crippen molar-refractivity contribution >= 4 is 11.9 Å². The summed E-state index contributed by atoms with van der Waals surface area (Å²) in [5.41, 5.74) is 11.3. The van der Waals surface area contributed by atoms with Crippen molar-refractivity contribution in [2.24, 2.45) is 16.5 Å². The lowest BCUT2D eigenvalue weighted by Gasteiger charge is -2.15. The summed E-state index contributed by atoms with van der Waals surface area (Å²) in [5, 5.41) is 7.48. The largest absolute Gasteiger partial charge is 0.472 e. The minimum absolute atomic E-state index is 0.0196. The zero-order valence-corrected chi connectivity index (χ0v) is 7.90. The van der Waals surface area contributed by atoms with Crippen LogP contribution in [0.25, 0.3) is 0 Å². The Bertz CT molecular complexity index is 326. The van der Waals surface area contributed by atoms with Crippen LogP contribution in [0.1, 0.15) is 5.56 Å². The highest BCUT2D eigenvalue weighted by Gasteiger charge is 2.04. The molecular weight excluding hydrogens is 182 g/mol. The molecule has 1 heterocycles. The van der Waals surface area contributed by atoms with Crippen LogP contribution < -0.4 is 11.5 Å². The lowest BCUT2D eigenvalue weighted by Crippen LogP contribution is -2.30. The van der Waals surface area contributed by atoms with Gasteiger partial charge >= 0.3 is 0 Å². The molecule has 0 aliphatic rings. The molecule has 5 N–H and O–H groups in total. The van der Waals surface area contributed by atoms with Crippen molar-refractivity contribution < 1.29 is 4.42 Å². The van der Waals surface area contributed by atoms with E-state index < -0.39 is 0 Å². The van der Waals surface area contributed by atoms with Gasteiger partial charge in [-0.1, -0.05) is 0 Å². The second kappa shape index (κ2) is 4.31. The van der Waals surface area contributed by atoms with Crippen LogP contribution in [0.4, 0.5) is 0 Å². The Kier molecular flexibility index (Phi) is 3.11. The Labute approximate surface area is 81.7 Å². The second-order valence-corrected chi connectivity index (χ2v) is 2.85. The minimum atomic E-state index is -0.117. The highest BCUT2D eigenvalue weighted by molar-refractivity contribution is 5.91. The van der Waals surface area contributed by atoms with Gasteiger partial charge in [-0.2, -0.15) is 4.99 Å². The Morgan fingerprint density at radius 1 is 1.64 bits per heavy atom. The Morgan fingerprint density at radius 2 is 2.36 bits per heavy atom. The van der Waals surface area contributed by atoms with Gasteiger partial charge in [0.25, 0.3) is 0 Å². The first kappa shape index (κ1) is 10.1. The molecule has 6 nitrogen and oxygen atoms in total. The molecular formula is C8H13N5O. The van der Waals surface area contributed by atoms with E-state index in [1.807, 2.05) is 6.07 Å². The number of hydrogen-bond donors (Lipinski definition) is 3. The van der Waals surface area contributed by atoms with Crippen molar-refractivity contribution in [3.8, 4) is 0 Å². The first-order chi connectivity index (χ1) is 6.59. The number of nitrogens with one attached hydrogen (secondary N) is 1. The maximum atomic E-state index is 7.48. The maximum Gasteiger partial charge on any atom is 0.221 e. The highest BCUT2D eigenvalue weighted by Crippen LogP contribution is 2.03. The van der Waals surface area contributed by atoms with E-state index in [1.165, 1.54) is 0 Å². The second-order valence-electron chi connectivity index (χ2n) is 2.85. The van der Waals surface area contributed by atoms with Crippen LogP contribution in [0.15, 0.2) is 28.0 Å². The summed E-state index contributed by atoms with van der Waals surface area (Å²) in [6.07, 6.45) is 3.19. The summed E-state index contributed by atoms with van der Waals surface area (Å²) < 4.78 is 4.89. The molecule has 14 heavy (non-hydrogen) atoms. The fourth-order valence-corrected chi connectivity index (χ4v) is 0.939. The molecule has 0 atom stereocenters. The molecule has 0 spiro atoms. The van der Waals surface area contributed by atoms with E-state index >= 15 is 0 Å². The molecule has 0 radical (unpaired) electrons. The molecule has 0 aliphatic heterocycles. The van der Waals surface area contributed by atoms with Crippen LogP contribution in [-0.4, -0.2) is 23.9 Å². The van der Waals surface area contributed by atoms with Gasteiger partial charge in [0.1, 0.15) is 0 Å². The number of aliphatic imine (C=N–C) groups is 1. The van der Waals surface area contributed by atoms with Gasteiger partial charge in [0.2, 0.25) is 5.96 Å². The molecule has 76 valence electrons. The van der Waals surface area contributed by atoms with E-state index in [-0.39, 0.29) is 11.9 Å². The third-order valence-electron chi connectivity index (χ3n) is 1.60. The normalized spacial score (nSPS) is 9.50. The third kappa shape index (κ3) is 2.81. The zero-order chi connectivity index (χ0) is 10.6. The smallest absolute Gasteiger partial charge is 0.221 e. The monoisotopic (exact) mass is 195 g/mol. The summed E-state index contributed by atoms with van der Waals surface area (Å²) in [7, 11) is 1.72. The van der Waals surface area contributed by atoms with Gasteiger partial charge in [0.05, 0.1) is 12.5 Å². The summed E-state index contributed by atoms with van der Waals surface area (Å²) >= 11 is 0. The number of rotatable bonds is 2. The van der Waals surface area contributed by atoms with Crippen LogP contribution in [-0.2, 0) is 6.54 Å². The predicted octanol–water partition coefficient (Wildman–Crippen LogP) is -0.0804. The maximum absolute atomic E-state index is 7.48. The molecule has 0 saturated heterocycles. The highest BCUT2D eigenvalue weighted by atomic mass is 16.3. The van der Waals surface area contributed by atoms with Crippen LogP contribution >= 0.6 is 0 Å². The quantitative estimate of drug-likeness (QED) is 0.453. The number of guanidine groups is 2. The topological polar surface area (TPSA) is 105 Å². The van der Waals surface area contributed by atoms with Crippen molar-refractivity contribution in [1.82, 2.24) is 4.90 Å².